The fourth-order valence-corrected chi connectivity index (χ4v) is 0.661. The first-order valence-corrected chi connectivity index (χ1v) is 2.96. The normalized spacial score (nSPS) is 9.40. The van der Waals surface area contributed by atoms with E-state index in [1.807, 2.05) is 6.92 Å². The molecule has 0 aliphatic carbocycles. The molecule has 0 atom stereocenters. The van der Waals surface area contributed by atoms with Crippen molar-refractivity contribution in [2.75, 3.05) is 7.05 Å². The molecular weight excluding hydrogens is 130 g/mol. The van der Waals surface area contributed by atoms with Crippen LogP contribution < -0.4 is 5.32 Å². The van der Waals surface area contributed by atoms with E-state index in [-0.39, 0.29) is 6.03 Å². The Balaban J connectivity index is 2.85. The standard InChI is InChI=1S/C6H9N3O/c1-5-3-9(4-8-5)6(10)7-2/h3-4H,1-2H3,(H,7,10). The van der Waals surface area contributed by atoms with Crippen LogP contribution in [0.15, 0.2) is 12.5 Å². The van der Waals surface area contributed by atoms with E-state index in [9.17, 15) is 4.79 Å². The maximum absolute atomic E-state index is 10.8. The summed E-state index contributed by atoms with van der Waals surface area (Å²) in [6.45, 7) is 1.83. The summed E-state index contributed by atoms with van der Waals surface area (Å²) in [5.74, 6) is 0. The molecule has 0 aliphatic heterocycles. The van der Waals surface area contributed by atoms with Crippen molar-refractivity contribution in [3.63, 3.8) is 0 Å². The van der Waals surface area contributed by atoms with Gasteiger partial charge in [0.05, 0.1) is 5.69 Å². The second-order valence-electron chi connectivity index (χ2n) is 1.98. The van der Waals surface area contributed by atoms with E-state index < -0.39 is 0 Å². The number of aryl methyl sites for hydroxylation is 1. The lowest BCUT2D eigenvalue weighted by molar-refractivity contribution is 0.244. The minimum Gasteiger partial charge on any atom is -0.340 e. The van der Waals surface area contributed by atoms with Crippen molar-refractivity contribution < 1.29 is 4.79 Å². The number of rotatable bonds is 0. The first kappa shape index (κ1) is 6.80. The van der Waals surface area contributed by atoms with Crippen LogP contribution in [0.2, 0.25) is 0 Å². The minimum atomic E-state index is -0.166. The third kappa shape index (κ3) is 1.15. The van der Waals surface area contributed by atoms with Crippen LogP contribution in [0.5, 0.6) is 0 Å². The molecule has 0 spiro atoms. The van der Waals surface area contributed by atoms with E-state index in [1.165, 1.54) is 10.9 Å². The fourth-order valence-electron chi connectivity index (χ4n) is 0.661. The van der Waals surface area contributed by atoms with E-state index in [2.05, 4.69) is 10.3 Å². The number of carbonyl (C=O) groups is 1. The van der Waals surface area contributed by atoms with Crippen LogP contribution in [0.3, 0.4) is 0 Å². The molecule has 1 N–H and O–H groups in total. The molecule has 0 fully saturated rings. The molecule has 4 nitrogen and oxygen atoms in total. The van der Waals surface area contributed by atoms with Gasteiger partial charge in [0.1, 0.15) is 6.33 Å². The number of aromatic nitrogens is 2. The molecule has 0 aromatic carbocycles. The van der Waals surface area contributed by atoms with Crippen molar-refractivity contribution in [1.82, 2.24) is 14.9 Å². The van der Waals surface area contributed by atoms with Crippen molar-refractivity contribution in [1.29, 1.82) is 0 Å². The highest BCUT2D eigenvalue weighted by molar-refractivity contribution is 5.76. The summed E-state index contributed by atoms with van der Waals surface area (Å²) in [6, 6.07) is -0.166. The van der Waals surface area contributed by atoms with Gasteiger partial charge in [-0.3, -0.25) is 4.57 Å². The lowest BCUT2D eigenvalue weighted by Crippen LogP contribution is -2.22. The van der Waals surface area contributed by atoms with Gasteiger partial charge in [-0.05, 0) is 6.92 Å². The van der Waals surface area contributed by atoms with E-state index in [0.29, 0.717) is 0 Å². The molecule has 0 saturated heterocycles. The summed E-state index contributed by atoms with van der Waals surface area (Å²) in [6.07, 6.45) is 3.15. The molecule has 1 heterocycles. The Morgan fingerprint density at radius 2 is 2.50 bits per heavy atom. The number of amides is 1. The van der Waals surface area contributed by atoms with Crippen LogP contribution in [0.1, 0.15) is 5.69 Å². The number of hydrogen-bond acceptors (Lipinski definition) is 2. The highest BCUT2D eigenvalue weighted by atomic mass is 16.2. The van der Waals surface area contributed by atoms with Gasteiger partial charge >= 0.3 is 6.03 Å². The molecule has 0 aliphatic rings. The van der Waals surface area contributed by atoms with Crippen LogP contribution in [0.4, 0.5) is 4.79 Å². The predicted octanol–water partition coefficient (Wildman–Crippen LogP) is 0.379. The number of nitrogens with zero attached hydrogens (tertiary/aromatic N) is 2. The Labute approximate surface area is 58.9 Å². The summed E-state index contributed by atoms with van der Waals surface area (Å²) in [7, 11) is 1.58. The monoisotopic (exact) mass is 139 g/mol. The van der Waals surface area contributed by atoms with Gasteiger partial charge in [-0.2, -0.15) is 0 Å². The summed E-state index contributed by atoms with van der Waals surface area (Å²) >= 11 is 0. The van der Waals surface area contributed by atoms with Gasteiger partial charge in [-0.1, -0.05) is 0 Å². The molecule has 0 radical (unpaired) electrons. The third-order valence-electron chi connectivity index (χ3n) is 1.16. The Bertz CT molecular complexity index is 241. The Morgan fingerprint density at radius 1 is 1.80 bits per heavy atom. The number of carbonyl (C=O) groups excluding carboxylic acids is 1. The lowest BCUT2D eigenvalue weighted by Gasteiger charge is -1.95. The molecule has 1 aromatic heterocycles. The fraction of sp³-hybridized carbons (Fsp3) is 0.333. The average Bonchev–Trinajstić information content (AvgIpc) is 2.34. The molecule has 0 bridgehead atoms. The molecule has 1 aromatic rings. The second kappa shape index (κ2) is 2.51. The average molecular weight is 139 g/mol. The van der Waals surface area contributed by atoms with Gasteiger partial charge in [0, 0.05) is 13.2 Å². The zero-order chi connectivity index (χ0) is 7.56. The van der Waals surface area contributed by atoms with E-state index in [4.69, 9.17) is 0 Å². The Hall–Kier alpha value is -1.32. The Morgan fingerprint density at radius 3 is 2.90 bits per heavy atom. The maximum atomic E-state index is 10.8. The zero-order valence-electron chi connectivity index (χ0n) is 5.96. The summed E-state index contributed by atoms with van der Waals surface area (Å²) in [4.78, 5) is 14.7. The highest BCUT2D eigenvalue weighted by Crippen LogP contribution is 1.91. The smallest absolute Gasteiger partial charge is 0.326 e. The largest absolute Gasteiger partial charge is 0.340 e. The van der Waals surface area contributed by atoms with Crippen LogP contribution in [-0.4, -0.2) is 22.6 Å². The van der Waals surface area contributed by atoms with Crippen LogP contribution >= 0.6 is 0 Å². The zero-order valence-corrected chi connectivity index (χ0v) is 5.96. The van der Waals surface area contributed by atoms with Gasteiger partial charge in [0.25, 0.3) is 0 Å². The van der Waals surface area contributed by atoms with Crippen molar-refractivity contribution in [2.45, 2.75) is 6.92 Å². The summed E-state index contributed by atoms with van der Waals surface area (Å²) in [5, 5.41) is 2.48. The molecule has 1 rings (SSSR count). The van der Waals surface area contributed by atoms with Crippen molar-refractivity contribution in [3.05, 3.63) is 18.2 Å². The lowest BCUT2D eigenvalue weighted by atomic mass is 10.6. The van der Waals surface area contributed by atoms with Gasteiger partial charge in [-0.15, -0.1) is 0 Å². The second-order valence-corrected chi connectivity index (χ2v) is 1.98. The van der Waals surface area contributed by atoms with Gasteiger partial charge in [-0.25, -0.2) is 9.78 Å². The van der Waals surface area contributed by atoms with E-state index >= 15 is 0 Å². The van der Waals surface area contributed by atoms with E-state index in [0.717, 1.165) is 5.69 Å². The molecule has 54 valence electrons. The van der Waals surface area contributed by atoms with Crippen molar-refractivity contribution in [3.8, 4) is 0 Å². The number of hydrogen-bond donors (Lipinski definition) is 1. The van der Waals surface area contributed by atoms with Crippen LogP contribution in [0, 0.1) is 6.92 Å². The van der Waals surface area contributed by atoms with Crippen LogP contribution in [-0.2, 0) is 0 Å². The topological polar surface area (TPSA) is 46.9 Å². The van der Waals surface area contributed by atoms with Gasteiger partial charge in [0.15, 0.2) is 0 Å². The van der Waals surface area contributed by atoms with E-state index in [1.54, 1.807) is 13.2 Å². The molecule has 0 saturated carbocycles. The molecule has 4 heteroatoms. The SMILES string of the molecule is CNC(=O)n1cnc(C)c1. The van der Waals surface area contributed by atoms with Crippen molar-refractivity contribution >= 4 is 6.03 Å². The number of imidazole rings is 1. The summed E-state index contributed by atoms with van der Waals surface area (Å²) < 4.78 is 1.40. The van der Waals surface area contributed by atoms with Crippen LogP contribution in [0.25, 0.3) is 0 Å². The first-order valence-electron chi connectivity index (χ1n) is 2.96. The number of nitrogens with one attached hydrogen (secondary N) is 1. The van der Waals surface area contributed by atoms with Crippen molar-refractivity contribution in [2.24, 2.45) is 0 Å². The highest BCUT2D eigenvalue weighted by Gasteiger charge is 1.99. The predicted molar refractivity (Wildman–Crippen MR) is 36.8 cm³/mol. The minimum absolute atomic E-state index is 0.166. The molecular formula is C6H9N3O. The third-order valence-corrected chi connectivity index (χ3v) is 1.16. The molecule has 0 unspecified atom stereocenters. The molecule has 1 amide bonds. The molecule has 10 heavy (non-hydrogen) atoms. The quantitative estimate of drug-likeness (QED) is 0.564. The van der Waals surface area contributed by atoms with Gasteiger partial charge < -0.3 is 5.32 Å². The summed E-state index contributed by atoms with van der Waals surface area (Å²) in [5.41, 5.74) is 0.837. The Kier molecular flexibility index (Phi) is 1.71. The first-order chi connectivity index (χ1) is 4.74. The van der Waals surface area contributed by atoms with Gasteiger partial charge in [0.2, 0.25) is 0 Å². The maximum Gasteiger partial charge on any atom is 0.326 e.